The number of unbranched alkanes of at least 4 members (excludes halogenated alkanes) is 11. The van der Waals surface area contributed by atoms with Crippen molar-refractivity contribution in [3.63, 3.8) is 0 Å². The van der Waals surface area contributed by atoms with Crippen molar-refractivity contribution in [1.82, 2.24) is 0 Å². The van der Waals surface area contributed by atoms with Crippen LogP contribution in [0.25, 0.3) is 0 Å². The standard InChI is InChI=1S/C46H79N2O11PS/c1-3-5-7-9-11-13-15-17-18-19-21-23-25-27-29-34-45(52)56-37-40(38-58-60(54,55)57-36-35-47)59-46(53)41(48)39-61-43(42(49)31-30-33-44(50)51)32-28-26-24-22-20-16-14-12-10-8-6-4-2/h11-14,17-18,20,22,24,26,28,32,40-43,49H,3-10,15-16,19,21,23,25,27,29-31,33-39,47-48H2,1-2H3,(H,50,51)(H,54,55)/b13-11-,14-12-,18-17-,22-20-,26-24+,32-28+/t40-,41+,42+,43-/m1/s1. The summed E-state index contributed by atoms with van der Waals surface area (Å²) in [4.78, 5) is 46.7. The number of hydrogen-bond acceptors (Lipinski definition) is 12. The molecular weight excluding hydrogens is 820 g/mol. The fraction of sp³-hybridized carbons (Fsp3) is 0.674. The van der Waals surface area contributed by atoms with E-state index in [2.05, 4.69) is 50.3 Å². The minimum Gasteiger partial charge on any atom is -0.481 e. The first-order valence-electron chi connectivity index (χ1n) is 22.4. The van der Waals surface area contributed by atoms with Crippen LogP contribution in [0, 0.1) is 0 Å². The summed E-state index contributed by atoms with van der Waals surface area (Å²) >= 11 is 1.19. The molecule has 0 spiro atoms. The van der Waals surface area contributed by atoms with Gasteiger partial charge < -0.3 is 36.0 Å². The fourth-order valence-electron chi connectivity index (χ4n) is 5.56. The number of thioether (sulfide) groups is 1. The van der Waals surface area contributed by atoms with Gasteiger partial charge in [-0.15, -0.1) is 11.8 Å². The molecule has 0 aromatic heterocycles. The summed E-state index contributed by atoms with van der Waals surface area (Å²) in [6.45, 7) is 3.05. The molecule has 0 saturated carbocycles. The summed E-state index contributed by atoms with van der Waals surface area (Å²) in [7, 11) is -4.54. The number of hydrogen-bond donors (Lipinski definition) is 5. The van der Waals surface area contributed by atoms with Crippen LogP contribution in [0.4, 0.5) is 0 Å². The zero-order valence-electron chi connectivity index (χ0n) is 37.0. The first kappa shape index (κ1) is 58.2. The fourth-order valence-corrected chi connectivity index (χ4v) is 7.45. The first-order valence-corrected chi connectivity index (χ1v) is 24.9. The van der Waals surface area contributed by atoms with Gasteiger partial charge in [0.15, 0.2) is 6.10 Å². The number of aliphatic hydroxyl groups is 1. The van der Waals surface area contributed by atoms with Gasteiger partial charge in [-0.1, -0.05) is 132 Å². The number of phosphoric ester groups is 1. The number of esters is 2. The van der Waals surface area contributed by atoms with Crippen molar-refractivity contribution in [1.29, 1.82) is 0 Å². The largest absolute Gasteiger partial charge is 0.481 e. The number of carboxylic acid groups (broad SMARTS) is 1. The SMILES string of the molecule is CCCCC/C=C\C\C=C/C=C/C=C/[C@@H](SC[C@H](N)C(=O)O[C@H](COC(=O)CCCCCCC/C=C\C/C=C\CCCCC)COP(=O)(O)OCCN)[C@@H](O)CCCC(=O)O. The lowest BCUT2D eigenvalue weighted by Gasteiger charge is -2.23. The van der Waals surface area contributed by atoms with Crippen molar-refractivity contribution < 1.29 is 52.6 Å². The maximum absolute atomic E-state index is 13.1. The number of aliphatic hydroxyl groups excluding tert-OH is 1. The second-order valence-electron chi connectivity index (χ2n) is 14.8. The van der Waals surface area contributed by atoms with E-state index in [1.807, 2.05) is 24.3 Å². The van der Waals surface area contributed by atoms with Gasteiger partial charge in [-0.3, -0.25) is 23.4 Å². The third-order valence-electron chi connectivity index (χ3n) is 9.06. The lowest BCUT2D eigenvalue weighted by molar-refractivity contribution is -0.161. The summed E-state index contributed by atoms with van der Waals surface area (Å²) in [6, 6.07) is -1.19. The molecule has 1 unspecified atom stereocenters. The van der Waals surface area contributed by atoms with Gasteiger partial charge in [0.1, 0.15) is 12.6 Å². The van der Waals surface area contributed by atoms with E-state index in [0.29, 0.717) is 6.42 Å². The van der Waals surface area contributed by atoms with Crippen LogP contribution in [0.1, 0.15) is 142 Å². The van der Waals surface area contributed by atoms with Crippen LogP contribution in [0.15, 0.2) is 72.9 Å². The highest BCUT2D eigenvalue weighted by Gasteiger charge is 2.28. The smallest absolute Gasteiger partial charge is 0.472 e. The Balaban J connectivity index is 5.13. The third kappa shape index (κ3) is 38.6. The van der Waals surface area contributed by atoms with Crippen LogP contribution in [0.3, 0.4) is 0 Å². The predicted octanol–water partition coefficient (Wildman–Crippen LogP) is 9.59. The number of allylic oxidation sites excluding steroid dienone is 11. The number of phosphoric acid groups is 1. The number of carboxylic acids is 1. The number of nitrogens with two attached hydrogens (primary N) is 2. The van der Waals surface area contributed by atoms with E-state index in [4.69, 9.17) is 35.1 Å². The van der Waals surface area contributed by atoms with Gasteiger partial charge >= 0.3 is 25.7 Å². The summed E-state index contributed by atoms with van der Waals surface area (Å²) < 4.78 is 32.9. The van der Waals surface area contributed by atoms with Crippen molar-refractivity contribution in [3.05, 3.63) is 72.9 Å². The molecule has 0 aliphatic carbocycles. The van der Waals surface area contributed by atoms with Crippen LogP contribution < -0.4 is 11.5 Å². The average Bonchev–Trinajstić information content (AvgIpc) is 3.23. The van der Waals surface area contributed by atoms with Gasteiger partial charge in [-0.25, -0.2) is 4.57 Å². The Labute approximate surface area is 371 Å². The van der Waals surface area contributed by atoms with E-state index in [0.717, 1.165) is 57.8 Å². The van der Waals surface area contributed by atoms with Gasteiger partial charge in [0.05, 0.1) is 19.3 Å². The molecule has 0 amide bonds. The molecular formula is C46H79N2O11PS. The van der Waals surface area contributed by atoms with Gasteiger partial charge in [-0.2, -0.15) is 0 Å². The molecule has 0 fully saturated rings. The van der Waals surface area contributed by atoms with Crippen LogP contribution >= 0.6 is 19.6 Å². The molecule has 0 aliphatic heterocycles. The van der Waals surface area contributed by atoms with E-state index in [-0.39, 0.29) is 44.6 Å². The summed E-state index contributed by atoms with van der Waals surface area (Å²) in [6.07, 6.45) is 39.7. The molecule has 0 aromatic rings. The summed E-state index contributed by atoms with van der Waals surface area (Å²) in [5.74, 6) is -2.34. The Morgan fingerprint density at radius 1 is 0.721 bits per heavy atom. The predicted molar refractivity (Wildman–Crippen MR) is 248 cm³/mol. The first-order chi connectivity index (χ1) is 29.4. The number of rotatable bonds is 41. The van der Waals surface area contributed by atoms with Crippen molar-refractivity contribution in [2.45, 2.75) is 166 Å². The van der Waals surface area contributed by atoms with Gasteiger partial charge in [0.25, 0.3) is 0 Å². The van der Waals surface area contributed by atoms with Gasteiger partial charge in [0.2, 0.25) is 0 Å². The molecule has 0 radical (unpaired) electrons. The van der Waals surface area contributed by atoms with Crippen LogP contribution in [0.2, 0.25) is 0 Å². The Morgan fingerprint density at radius 3 is 1.93 bits per heavy atom. The number of aliphatic carboxylic acids is 1. The maximum atomic E-state index is 13.1. The van der Waals surface area contributed by atoms with Crippen LogP contribution in [-0.4, -0.2) is 88.6 Å². The number of carbonyl (C=O) groups excluding carboxylic acids is 2. The topological polar surface area (TPSA) is 218 Å². The molecule has 0 aliphatic rings. The van der Waals surface area contributed by atoms with Crippen molar-refractivity contribution >= 4 is 37.5 Å². The van der Waals surface area contributed by atoms with Crippen molar-refractivity contribution in [3.8, 4) is 0 Å². The molecule has 0 heterocycles. The highest BCUT2D eigenvalue weighted by Crippen LogP contribution is 2.43. The third-order valence-corrected chi connectivity index (χ3v) is 11.5. The lowest BCUT2D eigenvalue weighted by Crippen LogP contribution is -2.40. The zero-order chi connectivity index (χ0) is 45.2. The molecule has 350 valence electrons. The molecule has 15 heteroatoms. The summed E-state index contributed by atoms with van der Waals surface area (Å²) in [5, 5.41) is 19.4. The Morgan fingerprint density at radius 2 is 1.31 bits per heavy atom. The average molecular weight is 899 g/mol. The van der Waals surface area contributed by atoms with E-state index >= 15 is 0 Å². The van der Waals surface area contributed by atoms with Crippen molar-refractivity contribution in [2.24, 2.45) is 11.5 Å². The van der Waals surface area contributed by atoms with E-state index in [1.54, 1.807) is 12.2 Å². The van der Waals surface area contributed by atoms with Crippen molar-refractivity contribution in [2.75, 3.05) is 32.1 Å². The van der Waals surface area contributed by atoms with Crippen LogP contribution in [-0.2, 0) is 37.5 Å². The van der Waals surface area contributed by atoms with E-state index in [9.17, 15) is 28.9 Å². The molecule has 5 atom stereocenters. The molecule has 0 saturated heterocycles. The minimum atomic E-state index is -4.54. The zero-order valence-corrected chi connectivity index (χ0v) is 38.7. The molecule has 0 aromatic carbocycles. The Hall–Kier alpha value is -2.81. The summed E-state index contributed by atoms with van der Waals surface area (Å²) in [5.41, 5.74) is 11.5. The van der Waals surface area contributed by atoms with Gasteiger partial charge in [-0.05, 0) is 70.6 Å². The Kier molecular flexibility index (Phi) is 39.3. The molecule has 7 N–H and O–H groups in total. The quantitative estimate of drug-likeness (QED) is 0.0127. The molecule has 0 rings (SSSR count). The second-order valence-corrected chi connectivity index (χ2v) is 17.4. The lowest BCUT2D eigenvalue weighted by atomic mass is 10.1. The normalized spacial score (nSPS) is 15.4. The molecule has 61 heavy (non-hydrogen) atoms. The highest BCUT2D eigenvalue weighted by molar-refractivity contribution is 8.00. The molecule has 13 nitrogen and oxygen atoms in total. The molecule has 0 bridgehead atoms. The Bertz CT molecular complexity index is 1350. The number of ether oxygens (including phenoxy) is 2. The van der Waals surface area contributed by atoms with E-state index in [1.165, 1.54) is 50.3 Å². The van der Waals surface area contributed by atoms with Crippen LogP contribution in [0.5, 0.6) is 0 Å². The number of carbonyl (C=O) groups is 3. The maximum Gasteiger partial charge on any atom is 0.472 e. The van der Waals surface area contributed by atoms with Gasteiger partial charge in [0, 0.05) is 30.4 Å². The monoisotopic (exact) mass is 899 g/mol. The highest BCUT2D eigenvalue weighted by atomic mass is 32.2. The minimum absolute atomic E-state index is 0.0103. The van der Waals surface area contributed by atoms with E-state index < -0.39 is 62.4 Å². The second kappa shape index (κ2) is 41.2.